The van der Waals surface area contributed by atoms with Gasteiger partial charge in [-0.2, -0.15) is 0 Å². The summed E-state index contributed by atoms with van der Waals surface area (Å²) < 4.78 is 11.6. The van der Waals surface area contributed by atoms with E-state index in [1.54, 1.807) is 6.20 Å². The summed E-state index contributed by atoms with van der Waals surface area (Å²) in [5.74, 6) is 1.67. The Balaban J connectivity index is 1.55. The van der Waals surface area contributed by atoms with Crippen LogP contribution < -0.4 is 9.47 Å². The molecule has 0 aliphatic rings. The molecular formula is C19H18ClNO2. The third kappa shape index (κ3) is 3.74. The van der Waals surface area contributed by atoms with Crippen molar-refractivity contribution in [1.29, 1.82) is 0 Å². The van der Waals surface area contributed by atoms with Crippen LogP contribution in [0.1, 0.15) is 12.0 Å². The minimum Gasteiger partial charge on any atom is -0.493 e. The van der Waals surface area contributed by atoms with Crippen LogP contribution in [-0.2, 0) is 0 Å². The van der Waals surface area contributed by atoms with Crippen LogP contribution in [0.2, 0.25) is 5.02 Å². The number of aromatic nitrogens is 1. The Kier molecular flexibility index (Phi) is 4.99. The predicted molar refractivity (Wildman–Crippen MR) is 93.5 cm³/mol. The first kappa shape index (κ1) is 15.6. The van der Waals surface area contributed by atoms with Gasteiger partial charge in [0.25, 0.3) is 0 Å². The van der Waals surface area contributed by atoms with E-state index in [0.29, 0.717) is 18.2 Å². The fraction of sp³-hybridized carbons (Fsp3) is 0.211. The zero-order valence-electron chi connectivity index (χ0n) is 13.0. The van der Waals surface area contributed by atoms with Crippen LogP contribution in [0, 0.1) is 6.92 Å². The summed E-state index contributed by atoms with van der Waals surface area (Å²) >= 11 is 6.18. The Morgan fingerprint density at radius 3 is 2.52 bits per heavy atom. The van der Waals surface area contributed by atoms with Gasteiger partial charge in [-0.05, 0) is 42.8 Å². The fourth-order valence-electron chi connectivity index (χ4n) is 2.37. The van der Waals surface area contributed by atoms with Crippen molar-refractivity contribution in [3.63, 3.8) is 0 Å². The number of halogens is 1. The van der Waals surface area contributed by atoms with E-state index >= 15 is 0 Å². The maximum Gasteiger partial charge on any atom is 0.145 e. The smallest absolute Gasteiger partial charge is 0.145 e. The second-order valence-corrected chi connectivity index (χ2v) is 5.67. The lowest BCUT2D eigenvalue weighted by atomic mass is 10.2. The van der Waals surface area contributed by atoms with Crippen LogP contribution in [0.5, 0.6) is 11.5 Å². The molecule has 0 saturated carbocycles. The average Bonchev–Trinajstić information content (AvgIpc) is 2.58. The van der Waals surface area contributed by atoms with E-state index in [1.165, 1.54) is 0 Å². The number of pyridine rings is 1. The number of para-hydroxylation sites is 1. The molecule has 0 atom stereocenters. The van der Waals surface area contributed by atoms with E-state index in [-0.39, 0.29) is 0 Å². The van der Waals surface area contributed by atoms with Gasteiger partial charge in [-0.3, -0.25) is 4.98 Å². The Morgan fingerprint density at radius 2 is 1.70 bits per heavy atom. The quantitative estimate of drug-likeness (QED) is 0.594. The highest BCUT2D eigenvalue weighted by Crippen LogP contribution is 2.29. The molecule has 118 valence electrons. The molecule has 1 heterocycles. The Bertz CT molecular complexity index is 804. The molecule has 3 aromatic rings. The first-order valence-electron chi connectivity index (χ1n) is 7.60. The lowest BCUT2D eigenvalue weighted by molar-refractivity contribution is 0.248. The highest BCUT2D eigenvalue weighted by molar-refractivity contribution is 6.35. The van der Waals surface area contributed by atoms with Gasteiger partial charge in [0.05, 0.1) is 18.2 Å². The van der Waals surface area contributed by atoms with Crippen molar-refractivity contribution in [2.24, 2.45) is 0 Å². The molecule has 2 aromatic carbocycles. The van der Waals surface area contributed by atoms with Gasteiger partial charge in [-0.15, -0.1) is 0 Å². The highest BCUT2D eigenvalue weighted by atomic mass is 35.5. The third-order valence-electron chi connectivity index (χ3n) is 3.58. The zero-order chi connectivity index (χ0) is 16.1. The Labute approximate surface area is 140 Å². The van der Waals surface area contributed by atoms with Crippen LogP contribution in [0.3, 0.4) is 0 Å². The number of hydrogen-bond donors (Lipinski definition) is 0. The SMILES string of the molecule is Cc1ccccc1OCCCOc1ccc(Cl)c2cccnc12. The second kappa shape index (κ2) is 7.34. The van der Waals surface area contributed by atoms with E-state index in [1.807, 2.05) is 55.5 Å². The number of ether oxygens (including phenoxy) is 2. The molecule has 0 aliphatic heterocycles. The number of aryl methyl sites for hydroxylation is 1. The zero-order valence-corrected chi connectivity index (χ0v) is 13.7. The molecule has 23 heavy (non-hydrogen) atoms. The Morgan fingerprint density at radius 1 is 0.913 bits per heavy atom. The van der Waals surface area contributed by atoms with Crippen molar-refractivity contribution in [3.8, 4) is 11.5 Å². The molecule has 0 N–H and O–H groups in total. The van der Waals surface area contributed by atoms with Crippen molar-refractivity contribution in [2.45, 2.75) is 13.3 Å². The molecule has 0 radical (unpaired) electrons. The van der Waals surface area contributed by atoms with Crippen molar-refractivity contribution >= 4 is 22.5 Å². The molecule has 3 nitrogen and oxygen atoms in total. The minimum atomic E-state index is 0.569. The van der Waals surface area contributed by atoms with E-state index in [9.17, 15) is 0 Å². The highest BCUT2D eigenvalue weighted by Gasteiger charge is 2.06. The van der Waals surface area contributed by atoms with E-state index in [0.717, 1.165) is 34.4 Å². The van der Waals surface area contributed by atoms with Crippen LogP contribution >= 0.6 is 11.6 Å². The lowest BCUT2D eigenvalue weighted by Crippen LogP contribution is -2.06. The van der Waals surface area contributed by atoms with Gasteiger partial charge < -0.3 is 9.47 Å². The molecule has 3 rings (SSSR count). The molecular weight excluding hydrogens is 310 g/mol. The van der Waals surface area contributed by atoms with Gasteiger partial charge in [0.2, 0.25) is 0 Å². The van der Waals surface area contributed by atoms with Crippen LogP contribution in [0.25, 0.3) is 10.9 Å². The van der Waals surface area contributed by atoms with E-state index in [4.69, 9.17) is 21.1 Å². The Hall–Kier alpha value is -2.26. The number of hydrogen-bond acceptors (Lipinski definition) is 3. The van der Waals surface area contributed by atoms with Gasteiger partial charge in [0.15, 0.2) is 0 Å². The van der Waals surface area contributed by atoms with Gasteiger partial charge in [0.1, 0.15) is 17.0 Å². The summed E-state index contributed by atoms with van der Waals surface area (Å²) in [5, 5.41) is 1.59. The molecule has 0 bridgehead atoms. The monoisotopic (exact) mass is 327 g/mol. The molecule has 0 saturated heterocycles. The molecule has 0 fully saturated rings. The third-order valence-corrected chi connectivity index (χ3v) is 3.91. The summed E-state index contributed by atoms with van der Waals surface area (Å²) in [5.41, 5.74) is 1.93. The van der Waals surface area contributed by atoms with E-state index < -0.39 is 0 Å². The van der Waals surface area contributed by atoms with Crippen LogP contribution in [0.15, 0.2) is 54.7 Å². The molecule has 0 spiro atoms. The number of rotatable bonds is 6. The van der Waals surface area contributed by atoms with Gasteiger partial charge in [0, 0.05) is 18.0 Å². The van der Waals surface area contributed by atoms with Gasteiger partial charge in [-0.25, -0.2) is 0 Å². The maximum atomic E-state index is 6.18. The topological polar surface area (TPSA) is 31.4 Å². The molecule has 0 amide bonds. The number of benzene rings is 2. The summed E-state index contributed by atoms with van der Waals surface area (Å²) in [6, 6.07) is 15.5. The number of nitrogens with zero attached hydrogens (tertiary/aromatic N) is 1. The van der Waals surface area contributed by atoms with Crippen molar-refractivity contribution < 1.29 is 9.47 Å². The normalized spacial score (nSPS) is 10.7. The predicted octanol–water partition coefficient (Wildman–Crippen LogP) is 5.04. The van der Waals surface area contributed by atoms with Crippen LogP contribution in [0.4, 0.5) is 0 Å². The number of fused-ring (bicyclic) bond motifs is 1. The molecule has 1 aromatic heterocycles. The first-order chi connectivity index (χ1) is 11.3. The fourth-order valence-corrected chi connectivity index (χ4v) is 2.59. The lowest BCUT2D eigenvalue weighted by Gasteiger charge is -2.11. The summed E-state index contributed by atoms with van der Waals surface area (Å²) in [6.45, 7) is 3.22. The molecule has 4 heteroatoms. The largest absolute Gasteiger partial charge is 0.493 e. The van der Waals surface area contributed by atoms with E-state index in [2.05, 4.69) is 4.98 Å². The molecule has 0 aliphatic carbocycles. The minimum absolute atomic E-state index is 0.569. The standard InChI is InChI=1S/C19H18ClNO2/c1-14-6-2-3-8-17(14)22-12-5-13-23-18-10-9-16(20)15-7-4-11-21-19(15)18/h2-4,6-11H,5,12-13H2,1H3. The molecule has 0 unspecified atom stereocenters. The van der Waals surface area contributed by atoms with Crippen molar-refractivity contribution in [3.05, 3.63) is 65.3 Å². The maximum absolute atomic E-state index is 6.18. The average molecular weight is 328 g/mol. The first-order valence-corrected chi connectivity index (χ1v) is 7.98. The summed E-state index contributed by atoms with van der Waals surface area (Å²) in [6.07, 6.45) is 2.54. The van der Waals surface area contributed by atoms with Gasteiger partial charge in [-0.1, -0.05) is 29.8 Å². The van der Waals surface area contributed by atoms with Crippen LogP contribution in [-0.4, -0.2) is 18.2 Å². The second-order valence-electron chi connectivity index (χ2n) is 5.26. The van der Waals surface area contributed by atoms with Crippen molar-refractivity contribution in [2.75, 3.05) is 13.2 Å². The van der Waals surface area contributed by atoms with Crippen molar-refractivity contribution in [1.82, 2.24) is 4.98 Å². The summed E-state index contributed by atoms with van der Waals surface area (Å²) in [4.78, 5) is 4.36. The van der Waals surface area contributed by atoms with Gasteiger partial charge >= 0.3 is 0 Å². The summed E-state index contributed by atoms with van der Waals surface area (Å²) in [7, 11) is 0.